The van der Waals surface area contributed by atoms with E-state index in [0.717, 1.165) is 85.9 Å². The molecule has 208 valence electrons. The molecule has 1 aliphatic carbocycles. The molecule has 0 fully saturated rings. The van der Waals surface area contributed by atoms with E-state index in [2.05, 4.69) is 127 Å². The van der Waals surface area contributed by atoms with Gasteiger partial charge in [0.05, 0.1) is 11.8 Å². The van der Waals surface area contributed by atoms with Gasteiger partial charge in [-0.05, 0) is 71.9 Å². The molecule has 2 heterocycles. The zero-order chi connectivity index (χ0) is 28.0. The predicted octanol–water partition coefficient (Wildman–Crippen LogP) is 9.47. The number of nitrogens with zero attached hydrogens (tertiary/aromatic N) is 2. The van der Waals surface area contributed by atoms with Crippen molar-refractivity contribution in [2.75, 3.05) is 11.4 Å². The highest BCUT2D eigenvalue weighted by molar-refractivity contribution is 5.80. The molecule has 4 nitrogen and oxygen atoms in total. The van der Waals surface area contributed by atoms with Crippen molar-refractivity contribution in [3.63, 3.8) is 0 Å². The third-order valence-corrected chi connectivity index (χ3v) is 7.84. The molecule has 4 aromatic rings. The molecule has 4 heteroatoms. The fourth-order valence-corrected chi connectivity index (χ4v) is 5.57. The summed E-state index contributed by atoms with van der Waals surface area (Å²) in [7, 11) is 0. The number of oxazole rings is 1. The summed E-state index contributed by atoms with van der Waals surface area (Å²) in [5.74, 6) is 2.63. The molecule has 0 amide bonds. The van der Waals surface area contributed by atoms with Crippen molar-refractivity contribution in [3.05, 3.63) is 114 Å². The summed E-state index contributed by atoms with van der Waals surface area (Å²) in [4.78, 5) is 2.32. The Morgan fingerprint density at radius 1 is 0.878 bits per heavy atom. The van der Waals surface area contributed by atoms with Crippen molar-refractivity contribution in [2.45, 2.75) is 58.9 Å². The Bertz CT molecular complexity index is 1640. The highest BCUT2D eigenvalue weighted by Gasteiger charge is 2.26. The van der Waals surface area contributed by atoms with E-state index in [4.69, 9.17) is 9.15 Å². The van der Waals surface area contributed by atoms with Gasteiger partial charge in [-0.3, -0.25) is 0 Å². The van der Waals surface area contributed by atoms with E-state index in [1.807, 2.05) is 0 Å². The quantitative estimate of drug-likeness (QED) is 0.187. The van der Waals surface area contributed by atoms with E-state index in [1.54, 1.807) is 0 Å². The number of unbranched alkanes of at least 4 members (excludes halogenated alkanes) is 2. The Morgan fingerprint density at radius 2 is 1.73 bits per heavy atom. The SMILES string of the molecule is CCCCN1C(=CC=Cc2oc3ccc(-c4ccccc4)cc3[n+]2CCCC)Oc2ccc(C3=CCCC=C3)cc21. The van der Waals surface area contributed by atoms with Crippen molar-refractivity contribution in [1.29, 1.82) is 0 Å². The summed E-state index contributed by atoms with van der Waals surface area (Å²) in [6, 6.07) is 23.6. The van der Waals surface area contributed by atoms with Crippen LogP contribution < -0.4 is 14.2 Å². The fourth-order valence-electron chi connectivity index (χ4n) is 5.57. The summed E-state index contributed by atoms with van der Waals surface area (Å²) < 4.78 is 15.0. The van der Waals surface area contributed by atoms with Crippen LogP contribution in [-0.2, 0) is 6.54 Å². The average Bonchev–Trinajstić information content (AvgIpc) is 3.55. The Kier molecular flexibility index (Phi) is 8.18. The third-order valence-electron chi connectivity index (χ3n) is 7.84. The van der Waals surface area contributed by atoms with Crippen molar-refractivity contribution in [2.24, 2.45) is 0 Å². The standard InChI is InChI=1S/C37H39N2O2/c1-3-5-24-38-32-26-30(28-14-9-7-10-15-28)20-22-34(32)40-36(38)18-13-19-37-39(25-6-4-2)33-27-31(21-23-35(33)41-37)29-16-11-8-12-17-29/h7,9-11,13-23,26-27H,3-6,8,12,24-25H2,1-2H3/q+1. The first kappa shape index (κ1) is 26.9. The Hall–Kier alpha value is -4.31. The van der Waals surface area contributed by atoms with Crippen LogP contribution in [0.25, 0.3) is 33.9 Å². The second kappa shape index (κ2) is 12.5. The molecular weight excluding hydrogens is 504 g/mol. The summed E-state index contributed by atoms with van der Waals surface area (Å²) in [5, 5.41) is 0. The van der Waals surface area contributed by atoms with Gasteiger partial charge in [0.2, 0.25) is 11.5 Å². The predicted molar refractivity (Wildman–Crippen MR) is 170 cm³/mol. The number of allylic oxidation sites excluding steroid dienone is 6. The molecule has 2 aliphatic rings. The minimum atomic E-state index is 0.851. The van der Waals surface area contributed by atoms with Crippen LogP contribution in [0, 0.1) is 0 Å². The summed E-state index contributed by atoms with van der Waals surface area (Å²) in [6.45, 7) is 6.29. The van der Waals surface area contributed by atoms with Crippen LogP contribution in [0.3, 0.4) is 0 Å². The first-order valence-electron chi connectivity index (χ1n) is 15.1. The van der Waals surface area contributed by atoms with Crippen LogP contribution in [0.1, 0.15) is 63.8 Å². The minimum absolute atomic E-state index is 0.851. The maximum absolute atomic E-state index is 6.38. The molecule has 0 saturated carbocycles. The molecule has 0 unspecified atom stereocenters. The lowest BCUT2D eigenvalue weighted by molar-refractivity contribution is -0.678. The molecule has 0 atom stereocenters. The summed E-state index contributed by atoms with van der Waals surface area (Å²) in [6.07, 6.45) is 19.7. The van der Waals surface area contributed by atoms with Crippen LogP contribution in [0.15, 0.2) is 107 Å². The first-order valence-corrected chi connectivity index (χ1v) is 15.1. The normalized spacial score (nSPS) is 15.6. The zero-order valence-electron chi connectivity index (χ0n) is 24.2. The number of aryl methyl sites for hydroxylation is 1. The number of benzene rings is 3. The Labute approximate surface area is 243 Å². The van der Waals surface area contributed by atoms with E-state index in [0.29, 0.717) is 0 Å². The molecule has 0 spiro atoms. The van der Waals surface area contributed by atoms with Gasteiger partial charge in [-0.25, -0.2) is 0 Å². The third kappa shape index (κ3) is 5.78. The molecule has 0 N–H and O–H groups in total. The average molecular weight is 544 g/mol. The van der Waals surface area contributed by atoms with Crippen LogP contribution in [0.2, 0.25) is 0 Å². The summed E-state index contributed by atoms with van der Waals surface area (Å²) in [5.41, 5.74) is 8.12. The highest BCUT2D eigenvalue weighted by Crippen LogP contribution is 2.41. The maximum atomic E-state index is 6.38. The number of hydrogen-bond donors (Lipinski definition) is 0. The Balaban J connectivity index is 1.31. The number of aromatic nitrogens is 1. The van der Waals surface area contributed by atoms with E-state index < -0.39 is 0 Å². The number of fused-ring (bicyclic) bond motifs is 2. The van der Waals surface area contributed by atoms with Gasteiger partial charge in [-0.1, -0.05) is 87.4 Å². The lowest BCUT2D eigenvalue weighted by atomic mass is 9.99. The van der Waals surface area contributed by atoms with Gasteiger partial charge in [0.25, 0.3) is 5.52 Å². The molecule has 6 rings (SSSR count). The second-order valence-electron chi connectivity index (χ2n) is 10.8. The number of rotatable bonds is 10. The molecule has 0 saturated heterocycles. The van der Waals surface area contributed by atoms with Crippen molar-refractivity contribution >= 4 is 28.4 Å². The van der Waals surface area contributed by atoms with Gasteiger partial charge in [-0.15, -0.1) is 0 Å². The van der Waals surface area contributed by atoms with Gasteiger partial charge in [0, 0.05) is 19.0 Å². The zero-order valence-corrected chi connectivity index (χ0v) is 24.2. The second-order valence-corrected chi connectivity index (χ2v) is 10.8. The minimum Gasteiger partial charge on any atom is -0.439 e. The molecule has 0 bridgehead atoms. The lowest BCUT2D eigenvalue weighted by Gasteiger charge is -2.18. The highest BCUT2D eigenvalue weighted by atomic mass is 16.5. The molecular formula is C37H39N2O2+. The monoisotopic (exact) mass is 543 g/mol. The lowest BCUT2D eigenvalue weighted by Crippen LogP contribution is -2.35. The van der Waals surface area contributed by atoms with Gasteiger partial charge >= 0.3 is 5.89 Å². The number of ether oxygens (including phenoxy) is 1. The van der Waals surface area contributed by atoms with E-state index in [9.17, 15) is 0 Å². The largest absolute Gasteiger partial charge is 0.439 e. The van der Waals surface area contributed by atoms with Crippen LogP contribution in [0.4, 0.5) is 5.69 Å². The van der Waals surface area contributed by atoms with Gasteiger partial charge in [0.1, 0.15) is 0 Å². The van der Waals surface area contributed by atoms with Crippen LogP contribution in [0.5, 0.6) is 5.75 Å². The van der Waals surface area contributed by atoms with E-state index in [-0.39, 0.29) is 0 Å². The van der Waals surface area contributed by atoms with Crippen molar-refractivity contribution < 1.29 is 13.7 Å². The van der Waals surface area contributed by atoms with E-state index in [1.165, 1.54) is 22.3 Å². The molecule has 1 aliphatic heterocycles. The Morgan fingerprint density at radius 3 is 2.54 bits per heavy atom. The van der Waals surface area contributed by atoms with Gasteiger partial charge in [0.15, 0.2) is 12.3 Å². The molecule has 41 heavy (non-hydrogen) atoms. The maximum Gasteiger partial charge on any atom is 0.374 e. The number of hydrogen-bond acceptors (Lipinski definition) is 3. The van der Waals surface area contributed by atoms with Crippen molar-refractivity contribution in [1.82, 2.24) is 0 Å². The smallest absolute Gasteiger partial charge is 0.374 e. The number of anilines is 1. The van der Waals surface area contributed by atoms with Gasteiger partial charge < -0.3 is 14.1 Å². The molecule has 1 aromatic heterocycles. The van der Waals surface area contributed by atoms with Crippen LogP contribution in [-0.4, -0.2) is 6.54 Å². The fraction of sp³-hybridized carbons (Fsp3) is 0.270. The van der Waals surface area contributed by atoms with E-state index >= 15 is 0 Å². The van der Waals surface area contributed by atoms with Crippen molar-refractivity contribution in [3.8, 4) is 16.9 Å². The molecule has 0 radical (unpaired) electrons. The van der Waals surface area contributed by atoms with Crippen LogP contribution >= 0.6 is 0 Å². The first-order chi connectivity index (χ1) is 20.2. The van der Waals surface area contributed by atoms with Gasteiger partial charge in [-0.2, -0.15) is 4.57 Å². The molecule has 3 aromatic carbocycles. The summed E-state index contributed by atoms with van der Waals surface area (Å²) >= 11 is 0. The topological polar surface area (TPSA) is 29.5 Å².